The quantitative estimate of drug-likeness (QED) is 0.775. The molecule has 2 aromatic rings. The first-order valence-electron chi connectivity index (χ1n) is 9.73. The molecule has 5 nitrogen and oxygen atoms in total. The third-order valence-electron chi connectivity index (χ3n) is 5.27. The van der Waals surface area contributed by atoms with Crippen molar-refractivity contribution in [2.24, 2.45) is 0 Å². The number of carbonyl (C=O) groups excluding carboxylic acids is 2. The Hall–Kier alpha value is -2.37. The zero-order valence-electron chi connectivity index (χ0n) is 16.2. The van der Waals surface area contributed by atoms with E-state index >= 15 is 0 Å². The largest absolute Gasteiger partial charge is 0.351 e. The molecule has 1 aliphatic rings. The van der Waals surface area contributed by atoms with Crippen LogP contribution >= 0.6 is 11.6 Å². The third kappa shape index (κ3) is 5.33. The maximum Gasteiger partial charge on any atom is 0.252 e. The Labute approximate surface area is 171 Å². The van der Waals surface area contributed by atoms with E-state index in [1.807, 2.05) is 4.90 Å². The minimum Gasteiger partial charge on any atom is -0.351 e. The van der Waals surface area contributed by atoms with Crippen LogP contribution < -0.4 is 10.2 Å². The third-order valence-corrected chi connectivity index (χ3v) is 5.60. The van der Waals surface area contributed by atoms with E-state index in [1.165, 1.54) is 16.0 Å². The van der Waals surface area contributed by atoms with Crippen molar-refractivity contribution in [3.8, 4) is 0 Å². The minimum atomic E-state index is -0.245. The van der Waals surface area contributed by atoms with Gasteiger partial charge in [0.1, 0.15) is 6.54 Å². The van der Waals surface area contributed by atoms with Crippen molar-refractivity contribution < 1.29 is 14.5 Å². The zero-order valence-corrected chi connectivity index (χ0v) is 17.0. The summed E-state index contributed by atoms with van der Waals surface area (Å²) in [6, 6.07) is 15.4. The molecule has 1 aliphatic heterocycles. The summed E-state index contributed by atoms with van der Waals surface area (Å²) in [5.74, 6) is -0.153. The SMILES string of the molecule is Cc1ccccc1C[NH+]1CCN(C(=O)CCNC(=O)c2ccccc2Cl)CC1. The lowest BCUT2D eigenvalue weighted by Crippen LogP contribution is -3.13. The van der Waals surface area contributed by atoms with Crippen LogP contribution in [0.1, 0.15) is 27.9 Å². The van der Waals surface area contributed by atoms with E-state index in [9.17, 15) is 9.59 Å². The molecule has 0 atom stereocenters. The molecule has 0 aliphatic carbocycles. The number of hydrogen-bond acceptors (Lipinski definition) is 2. The first kappa shape index (κ1) is 20.4. The molecule has 6 heteroatoms. The Morgan fingerprint density at radius 1 is 1.07 bits per heavy atom. The van der Waals surface area contributed by atoms with Gasteiger partial charge in [0.25, 0.3) is 5.91 Å². The first-order chi connectivity index (χ1) is 13.5. The van der Waals surface area contributed by atoms with Gasteiger partial charge in [-0.3, -0.25) is 9.59 Å². The van der Waals surface area contributed by atoms with E-state index in [2.05, 4.69) is 36.5 Å². The van der Waals surface area contributed by atoms with Crippen molar-refractivity contribution in [3.05, 3.63) is 70.2 Å². The van der Waals surface area contributed by atoms with E-state index in [-0.39, 0.29) is 11.8 Å². The van der Waals surface area contributed by atoms with E-state index in [4.69, 9.17) is 11.6 Å². The highest BCUT2D eigenvalue weighted by Gasteiger charge is 2.24. The smallest absolute Gasteiger partial charge is 0.252 e. The number of nitrogens with zero attached hydrogens (tertiary/aromatic N) is 1. The molecule has 148 valence electrons. The van der Waals surface area contributed by atoms with Crippen molar-refractivity contribution in [1.29, 1.82) is 0 Å². The van der Waals surface area contributed by atoms with Gasteiger partial charge in [0.2, 0.25) is 5.91 Å². The van der Waals surface area contributed by atoms with Crippen molar-refractivity contribution in [3.63, 3.8) is 0 Å². The van der Waals surface area contributed by atoms with Crippen LogP contribution in [-0.2, 0) is 11.3 Å². The summed E-state index contributed by atoms with van der Waals surface area (Å²) in [5.41, 5.74) is 3.13. The molecular formula is C22H27ClN3O2+. The maximum absolute atomic E-state index is 12.4. The highest BCUT2D eigenvalue weighted by atomic mass is 35.5. The monoisotopic (exact) mass is 400 g/mol. The van der Waals surface area contributed by atoms with Crippen molar-refractivity contribution in [1.82, 2.24) is 10.2 Å². The van der Waals surface area contributed by atoms with Crippen molar-refractivity contribution in [2.75, 3.05) is 32.7 Å². The van der Waals surface area contributed by atoms with E-state index in [0.29, 0.717) is 23.6 Å². The molecule has 2 amide bonds. The lowest BCUT2D eigenvalue weighted by atomic mass is 10.1. The molecule has 0 aromatic heterocycles. The number of nitrogens with one attached hydrogen (secondary N) is 2. The fourth-order valence-corrected chi connectivity index (χ4v) is 3.73. The molecule has 2 N–H and O–H groups in total. The van der Waals surface area contributed by atoms with Crippen molar-refractivity contribution in [2.45, 2.75) is 19.9 Å². The summed E-state index contributed by atoms with van der Waals surface area (Å²) in [6.07, 6.45) is 0.309. The van der Waals surface area contributed by atoms with Gasteiger partial charge in [-0.2, -0.15) is 0 Å². The predicted octanol–water partition coefficient (Wildman–Crippen LogP) is 1.70. The van der Waals surface area contributed by atoms with Crippen LogP contribution in [0.2, 0.25) is 5.02 Å². The molecular weight excluding hydrogens is 374 g/mol. The summed E-state index contributed by atoms with van der Waals surface area (Å²) in [5, 5.41) is 3.20. The van der Waals surface area contributed by atoms with Gasteiger partial charge in [0.05, 0.1) is 36.8 Å². The molecule has 0 unspecified atom stereocenters. The minimum absolute atomic E-state index is 0.0920. The summed E-state index contributed by atoms with van der Waals surface area (Å²) in [4.78, 5) is 28.0. The molecule has 1 saturated heterocycles. The summed E-state index contributed by atoms with van der Waals surface area (Å²) in [6.45, 7) is 6.89. The van der Waals surface area contributed by atoms with Crippen LogP contribution in [0.5, 0.6) is 0 Å². The average molecular weight is 401 g/mol. The Morgan fingerprint density at radius 2 is 1.75 bits per heavy atom. The average Bonchev–Trinajstić information content (AvgIpc) is 2.70. The number of piperazine rings is 1. The normalized spacial score (nSPS) is 14.7. The summed E-state index contributed by atoms with van der Waals surface area (Å²) >= 11 is 6.03. The van der Waals surface area contributed by atoms with Gasteiger partial charge in [0, 0.05) is 18.5 Å². The molecule has 0 radical (unpaired) electrons. The Balaban J connectivity index is 1.40. The van der Waals surface area contributed by atoms with Crippen LogP contribution in [0.3, 0.4) is 0 Å². The molecule has 28 heavy (non-hydrogen) atoms. The standard InChI is InChI=1S/C22H26ClN3O2/c1-17-6-2-3-7-18(17)16-25-12-14-26(15-13-25)21(27)10-11-24-22(28)19-8-4-5-9-20(19)23/h2-9H,10-16H2,1H3,(H,24,28)/p+1. The van der Waals surface area contributed by atoms with Gasteiger partial charge in [-0.05, 0) is 24.6 Å². The lowest BCUT2D eigenvalue weighted by molar-refractivity contribution is -0.917. The van der Waals surface area contributed by atoms with Gasteiger partial charge in [-0.25, -0.2) is 0 Å². The highest BCUT2D eigenvalue weighted by Crippen LogP contribution is 2.14. The van der Waals surface area contributed by atoms with Gasteiger partial charge in [-0.1, -0.05) is 48.0 Å². The summed E-state index contributed by atoms with van der Waals surface area (Å²) in [7, 11) is 0. The number of hydrogen-bond donors (Lipinski definition) is 2. The van der Waals surface area contributed by atoms with Crippen LogP contribution in [0.25, 0.3) is 0 Å². The highest BCUT2D eigenvalue weighted by molar-refractivity contribution is 6.33. The molecule has 2 aromatic carbocycles. The predicted molar refractivity (Wildman–Crippen MR) is 111 cm³/mol. The first-order valence-corrected chi connectivity index (χ1v) is 10.1. The maximum atomic E-state index is 12.4. The summed E-state index contributed by atoms with van der Waals surface area (Å²) < 4.78 is 0. The Bertz CT molecular complexity index is 832. The second-order valence-electron chi connectivity index (χ2n) is 7.22. The number of rotatable bonds is 6. The molecule has 1 fully saturated rings. The van der Waals surface area contributed by atoms with Gasteiger partial charge in [-0.15, -0.1) is 0 Å². The number of amides is 2. The Kier molecular flexibility index (Phi) is 7.06. The number of quaternary nitrogens is 1. The molecule has 0 bridgehead atoms. The fraction of sp³-hybridized carbons (Fsp3) is 0.364. The van der Waals surface area contributed by atoms with Crippen LogP contribution in [0.4, 0.5) is 0 Å². The van der Waals surface area contributed by atoms with Gasteiger partial charge >= 0.3 is 0 Å². The van der Waals surface area contributed by atoms with E-state index in [0.717, 1.165) is 32.7 Å². The van der Waals surface area contributed by atoms with Gasteiger partial charge < -0.3 is 15.1 Å². The fourth-order valence-electron chi connectivity index (χ4n) is 3.51. The Morgan fingerprint density at radius 3 is 2.46 bits per heavy atom. The van der Waals surface area contributed by atoms with Crippen LogP contribution in [0, 0.1) is 6.92 Å². The second-order valence-corrected chi connectivity index (χ2v) is 7.63. The second kappa shape index (κ2) is 9.71. The number of carbonyl (C=O) groups is 2. The van der Waals surface area contributed by atoms with Crippen LogP contribution in [0.15, 0.2) is 48.5 Å². The zero-order chi connectivity index (χ0) is 19.9. The molecule has 1 heterocycles. The van der Waals surface area contributed by atoms with Crippen LogP contribution in [-0.4, -0.2) is 49.4 Å². The number of benzene rings is 2. The topological polar surface area (TPSA) is 53.9 Å². The number of aryl methyl sites for hydroxylation is 1. The molecule has 0 spiro atoms. The molecule has 3 rings (SSSR count). The van der Waals surface area contributed by atoms with Crippen molar-refractivity contribution >= 4 is 23.4 Å². The van der Waals surface area contributed by atoms with E-state index < -0.39 is 0 Å². The lowest BCUT2D eigenvalue weighted by Gasteiger charge is -2.32. The van der Waals surface area contributed by atoms with Gasteiger partial charge in [0.15, 0.2) is 0 Å². The van der Waals surface area contributed by atoms with E-state index in [1.54, 1.807) is 24.3 Å². The molecule has 0 saturated carbocycles. The number of halogens is 1.